The number of benzene rings is 2. The highest BCUT2D eigenvalue weighted by atomic mass is 79.9. The van der Waals surface area contributed by atoms with Gasteiger partial charge in [-0.1, -0.05) is 58.4 Å². The maximum Gasteiger partial charge on any atom is 0.194 e. The molecular weight excluding hydrogens is 264 g/mol. The lowest BCUT2D eigenvalue weighted by Crippen LogP contribution is -2.04. The maximum atomic E-state index is 12.3. The van der Waals surface area contributed by atoms with Crippen LogP contribution in [0.15, 0.2) is 53.0 Å². The second kappa shape index (κ2) is 4.62. The van der Waals surface area contributed by atoms with E-state index in [4.69, 9.17) is 0 Å². The van der Waals surface area contributed by atoms with Gasteiger partial charge in [0.2, 0.25) is 0 Å². The Labute approximate surface area is 103 Å². The molecule has 0 heterocycles. The third-order valence-electron chi connectivity index (χ3n) is 2.48. The Morgan fingerprint density at radius 2 is 1.69 bits per heavy atom. The third-order valence-corrected chi connectivity index (χ3v) is 3.15. The van der Waals surface area contributed by atoms with Crippen LogP contribution in [0.5, 0.6) is 0 Å². The van der Waals surface area contributed by atoms with Crippen LogP contribution in [-0.2, 0) is 0 Å². The van der Waals surface area contributed by atoms with E-state index in [0.717, 1.165) is 21.2 Å². The molecule has 80 valence electrons. The van der Waals surface area contributed by atoms with Crippen LogP contribution in [0.2, 0.25) is 0 Å². The number of halogens is 1. The summed E-state index contributed by atoms with van der Waals surface area (Å²) in [5, 5.41) is 0. The Morgan fingerprint density at radius 3 is 2.31 bits per heavy atom. The minimum absolute atomic E-state index is 0.0607. The molecular formula is C14H11BrO. The zero-order chi connectivity index (χ0) is 11.5. The first-order chi connectivity index (χ1) is 7.70. The van der Waals surface area contributed by atoms with E-state index in [1.54, 1.807) is 0 Å². The van der Waals surface area contributed by atoms with Gasteiger partial charge in [0.1, 0.15) is 0 Å². The van der Waals surface area contributed by atoms with E-state index >= 15 is 0 Å². The van der Waals surface area contributed by atoms with Crippen molar-refractivity contribution in [1.82, 2.24) is 0 Å². The fraction of sp³-hybridized carbons (Fsp3) is 0.0714. The molecule has 0 fully saturated rings. The summed E-state index contributed by atoms with van der Waals surface area (Å²) in [6, 6.07) is 15.1. The zero-order valence-corrected chi connectivity index (χ0v) is 10.5. The molecule has 0 saturated heterocycles. The van der Waals surface area contributed by atoms with Crippen LogP contribution in [0.4, 0.5) is 0 Å². The largest absolute Gasteiger partial charge is 0.289 e. The molecule has 0 atom stereocenters. The van der Waals surface area contributed by atoms with Crippen LogP contribution >= 0.6 is 15.9 Å². The van der Waals surface area contributed by atoms with Crippen LogP contribution in [0, 0.1) is 6.92 Å². The van der Waals surface area contributed by atoms with Gasteiger partial charge in [-0.2, -0.15) is 0 Å². The second-order valence-electron chi connectivity index (χ2n) is 3.63. The molecule has 0 N–H and O–H groups in total. The molecule has 1 nitrogen and oxygen atoms in total. The summed E-state index contributed by atoms with van der Waals surface area (Å²) in [7, 11) is 0. The standard InChI is InChI=1S/C14H11BrO/c1-10-6-5-9-12(15)13(10)14(16)11-7-3-2-4-8-11/h2-9H,1H3. The molecule has 0 bridgehead atoms. The first-order valence-corrected chi connectivity index (χ1v) is 5.84. The Kier molecular flexibility index (Phi) is 3.20. The quantitative estimate of drug-likeness (QED) is 0.757. The van der Waals surface area contributed by atoms with Crippen molar-refractivity contribution in [2.24, 2.45) is 0 Å². The summed E-state index contributed by atoms with van der Waals surface area (Å²) in [5.74, 6) is 0.0607. The van der Waals surface area contributed by atoms with Gasteiger partial charge in [0, 0.05) is 15.6 Å². The number of carbonyl (C=O) groups excluding carboxylic acids is 1. The molecule has 2 aromatic carbocycles. The van der Waals surface area contributed by atoms with Gasteiger partial charge in [-0.25, -0.2) is 0 Å². The van der Waals surface area contributed by atoms with Crippen LogP contribution in [-0.4, -0.2) is 5.78 Å². The van der Waals surface area contributed by atoms with Crippen LogP contribution < -0.4 is 0 Å². The summed E-state index contributed by atoms with van der Waals surface area (Å²) in [6.07, 6.45) is 0. The van der Waals surface area contributed by atoms with Gasteiger partial charge in [-0.15, -0.1) is 0 Å². The fourth-order valence-corrected chi connectivity index (χ4v) is 2.30. The predicted molar refractivity (Wildman–Crippen MR) is 68.8 cm³/mol. The molecule has 2 heteroatoms. The average Bonchev–Trinajstić information content (AvgIpc) is 2.30. The molecule has 0 spiro atoms. The number of carbonyl (C=O) groups is 1. The van der Waals surface area contributed by atoms with E-state index in [1.165, 1.54) is 0 Å². The van der Waals surface area contributed by atoms with Crippen molar-refractivity contribution in [1.29, 1.82) is 0 Å². The maximum absolute atomic E-state index is 12.3. The Balaban J connectivity index is 2.50. The van der Waals surface area contributed by atoms with Crippen LogP contribution in [0.3, 0.4) is 0 Å². The second-order valence-corrected chi connectivity index (χ2v) is 4.48. The molecule has 0 amide bonds. The highest BCUT2D eigenvalue weighted by Crippen LogP contribution is 2.23. The smallest absolute Gasteiger partial charge is 0.194 e. The number of aryl methyl sites for hydroxylation is 1. The topological polar surface area (TPSA) is 17.1 Å². The van der Waals surface area contributed by atoms with Crippen molar-refractivity contribution in [3.8, 4) is 0 Å². The summed E-state index contributed by atoms with van der Waals surface area (Å²) >= 11 is 3.42. The SMILES string of the molecule is Cc1cccc(Br)c1C(=O)c1ccccc1. The number of rotatable bonds is 2. The first-order valence-electron chi connectivity index (χ1n) is 5.05. The molecule has 0 aliphatic carbocycles. The van der Waals surface area contributed by atoms with Crippen LogP contribution in [0.25, 0.3) is 0 Å². The molecule has 2 aromatic rings. The minimum atomic E-state index is 0.0607. The number of ketones is 1. The Hall–Kier alpha value is -1.41. The lowest BCUT2D eigenvalue weighted by atomic mass is 9.99. The van der Waals surface area contributed by atoms with Crippen molar-refractivity contribution in [2.75, 3.05) is 0 Å². The van der Waals surface area contributed by atoms with Gasteiger partial charge in [-0.05, 0) is 18.6 Å². The monoisotopic (exact) mass is 274 g/mol. The van der Waals surface area contributed by atoms with Crippen molar-refractivity contribution < 1.29 is 4.79 Å². The minimum Gasteiger partial charge on any atom is -0.289 e. The van der Waals surface area contributed by atoms with Gasteiger partial charge < -0.3 is 0 Å². The van der Waals surface area contributed by atoms with E-state index < -0.39 is 0 Å². The molecule has 0 radical (unpaired) electrons. The highest BCUT2D eigenvalue weighted by Gasteiger charge is 2.14. The van der Waals surface area contributed by atoms with Crippen molar-refractivity contribution in [3.63, 3.8) is 0 Å². The van der Waals surface area contributed by atoms with Gasteiger partial charge >= 0.3 is 0 Å². The van der Waals surface area contributed by atoms with Gasteiger partial charge in [-0.3, -0.25) is 4.79 Å². The number of hydrogen-bond donors (Lipinski definition) is 0. The number of hydrogen-bond acceptors (Lipinski definition) is 1. The van der Waals surface area contributed by atoms with E-state index in [2.05, 4.69) is 15.9 Å². The van der Waals surface area contributed by atoms with Gasteiger partial charge in [0.15, 0.2) is 5.78 Å². The Bertz CT molecular complexity index is 497. The molecule has 2 rings (SSSR count). The van der Waals surface area contributed by atoms with Gasteiger partial charge in [0.05, 0.1) is 0 Å². The van der Waals surface area contributed by atoms with Crippen molar-refractivity contribution in [2.45, 2.75) is 6.92 Å². The predicted octanol–water partition coefficient (Wildman–Crippen LogP) is 3.99. The third kappa shape index (κ3) is 2.07. The summed E-state index contributed by atoms with van der Waals surface area (Å²) < 4.78 is 0.848. The summed E-state index contributed by atoms with van der Waals surface area (Å²) in [5.41, 5.74) is 2.45. The van der Waals surface area contributed by atoms with Crippen LogP contribution in [0.1, 0.15) is 21.5 Å². The molecule has 0 unspecified atom stereocenters. The fourth-order valence-electron chi connectivity index (χ4n) is 1.65. The highest BCUT2D eigenvalue weighted by molar-refractivity contribution is 9.10. The van der Waals surface area contributed by atoms with E-state index in [9.17, 15) is 4.79 Å². The molecule has 0 aliphatic rings. The lowest BCUT2D eigenvalue weighted by Gasteiger charge is -2.07. The molecule has 0 aromatic heterocycles. The van der Waals surface area contributed by atoms with Crippen molar-refractivity contribution in [3.05, 3.63) is 69.7 Å². The average molecular weight is 275 g/mol. The molecule has 0 saturated carbocycles. The van der Waals surface area contributed by atoms with E-state index in [0.29, 0.717) is 0 Å². The lowest BCUT2D eigenvalue weighted by molar-refractivity contribution is 0.103. The summed E-state index contributed by atoms with van der Waals surface area (Å²) in [4.78, 5) is 12.3. The van der Waals surface area contributed by atoms with E-state index in [1.807, 2.05) is 55.5 Å². The molecule has 16 heavy (non-hydrogen) atoms. The Morgan fingerprint density at radius 1 is 1.00 bits per heavy atom. The molecule has 0 aliphatic heterocycles. The summed E-state index contributed by atoms with van der Waals surface area (Å²) in [6.45, 7) is 1.95. The van der Waals surface area contributed by atoms with Gasteiger partial charge in [0.25, 0.3) is 0 Å². The normalized spacial score (nSPS) is 10.1. The van der Waals surface area contributed by atoms with Crippen molar-refractivity contribution >= 4 is 21.7 Å². The zero-order valence-electron chi connectivity index (χ0n) is 8.91. The first kappa shape index (κ1) is 11.1. The van der Waals surface area contributed by atoms with E-state index in [-0.39, 0.29) is 5.78 Å².